The van der Waals surface area contributed by atoms with Gasteiger partial charge in [0.2, 0.25) is 0 Å². The first kappa shape index (κ1) is 24.7. The highest BCUT2D eigenvalue weighted by molar-refractivity contribution is 6.14. The number of anilines is 2. The van der Waals surface area contributed by atoms with Gasteiger partial charge in [0.05, 0.1) is 22.2 Å². The van der Waals surface area contributed by atoms with Crippen molar-refractivity contribution in [3.05, 3.63) is 43.9 Å². The summed E-state index contributed by atoms with van der Waals surface area (Å²) in [5, 5.41) is 5.39. The smallest absolute Gasteiger partial charge is 0.330 e. The van der Waals surface area contributed by atoms with Gasteiger partial charge in [-0.25, -0.2) is 14.5 Å². The van der Waals surface area contributed by atoms with Crippen molar-refractivity contribution in [1.29, 1.82) is 0 Å². The fourth-order valence-corrected chi connectivity index (χ4v) is 4.46. The number of aromatic amines is 1. The third kappa shape index (κ3) is 4.37. The fraction of sp³-hybridized carbons (Fsp3) is 0.560. The van der Waals surface area contributed by atoms with Crippen LogP contribution in [0, 0.1) is 6.92 Å². The molecule has 3 N–H and O–H groups in total. The molecule has 3 aromatic rings. The first-order valence-electron chi connectivity index (χ1n) is 12.3. The molecule has 0 spiro atoms. The zero-order valence-electron chi connectivity index (χ0n) is 21.4. The van der Waals surface area contributed by atoms with E-state index >= 15 is 0 Å². The molecule has 1 aliphatic rings. The third-order valence-electron chi connectivity index (χ3n) is 6.47. The Kier molecular flexibility index (Phi) is 6.33. The minimum absolute atomic E-state index is 0.00257. The van der Waals surface area contributed by atoms with Crippen molar-refractivity contribution in [1.82, 2.24) is 24.3 Å². The van der Waals surface area contributed by atoms with Crippen LogP contribution in [-0.2, 0) is 12.1 Å². The molecule has 0 saturated heterocycles. The summed E-state index contributed by atoms with van der Waals surface area (Å²) in [6.45, 7) is 12.3. The molecule has 35 heavy (non-hydrogen) atoms. The maximum Gasteiger partial charge on any atom is 0.330 e. The highest BCUT2D eigenvalue weighted by Gasteiger charge is 2.32. The monoisotopic (exact) mass is 481 g/mol. The standard InChI is InChI=1S/C25H35N7O3/c1-7-9-12-31-20(26)19(22(33)28-24(31)35)30(8-2)23(34)16-13-17(15-10-11-15)27-21-18(16)14(3)29-32(21)25(4,5)6/h13,15H,7-12,26H2,1-6H3,(H,28,33,35). The fourth-order valence-electron chi connectivity index (χ4n) is 4.46. The van der Waals surface area contributed by atoms with Crippen molar-refractivity contribution in [3.63, 3.8) is 0 Å². The van der Waals surface area contributed by atoms with Gasteiger partial charge in [-0.05, 0) is 59.9 Å². The number of nitrogens with one attached hydrogen (secondary N) is 1. The van der Waals surface area contributed by atoms with Gasteiger partial charge in [-0.1, -0.05) is 13.3 Å². The van der Waals surface area contributed by atoms with Gasteiger partial charge in [0, 0.05) is 24.7 Å². The second-order valence-corrected chi connectivity index (χ2v) is 10.3. The van der Waals surface area contributed by atoms with E-state index < -0.39 is 11.2 Å². The molecule has 0 bridgehead atoms. The second-order valence-electron chi connectivity index (χ2n) is 10.3. The minimum Gasteiger partial charge on any atom is -0.383 e. The lowest BCUT2D eigenvalue weighted by atomic mass is 10.1. The number of aryl methyl sites for hydroxylation is 1. The molecule has 4 rings (SSSR count). The number of H-pyrrole nitrogens is 1. The number of aromatic nitrogens is 5. The van der Waals surface area contributed by atoms with Crippen LogP contribution in [0.5, 0.6) is 0 Å². The molecule has 3 aromatic heterocycles. The first-order valence-corrected chi connectivity index (χ1v) is 12.3. The van der Waals surface area contributed by atoms with E-state index in [0.29, 0.717) is 34.8 Å². The van der Waals surface area contributed by atoms with Crippen molar-refractivity contribution >= 4 is 28.4 Å². The highest BCUT2D eigenvalue weighted by Crippen LogP contribution is 2.41. The SMILES string of the molecule is CCCCn1c(N)c(N(CC)C(=O)c2cc(C3CC3)nc3c2c(C)nn3C(C)(C)C)c(=O)[nH]c1=O. The molecule has 0 aromatic carbocycles. The summed E-state index contributed by atoms with van der Waals surface area (Å²) in [6, 6.07) is 1.84. The topological polar surface area (TPSA) is 132 Å². The van der Waals surface area contributed by atoms with Gasteiger partial charge in [0.25, 0.3) is 11.5 Å². The Labute approximate surface area is 204 Å². The second kappa shape index (κ2) is 8.98. The predicted molar refractivity (Wildman–Crippen MR) is 137 cm³/mol. The highest BCUT2D eigenvalue weighted by atomic mass is 16.2. The van der Waals surface area contributed by atoms with Crippen molar-refractivity contribution in [2.24, 2.45) is 0 Å². The first-order chi connectivity index (χ1) is 16.5. The molecule has 3 heterocycles. The third-order valence-corrected chi connectivity index (χ3v) is 6.47. The number of unbranched alkanes of at least 4 members (excludes halogenated alkanes) is 1. The van der Waals surface area contributed by atoms with Gasteiger partial charge in [0.15, 0.2) is 11.3 Å². The van der Waals surface area contributed by atoms with Crippen LogP contribution >= 0.6 is 0 Å². The Bertz CT molecular complexity index is 1400. The largest absolute Gasteiger partial charge is 0.383 e. The zero-order valence-corrected chi connectivity index (χ0v) is 21.4. The van der Waals surface area contributed by atoms with E-state index in [1.165, 1.54) is 9.47 Å². The summed E-state index contributed by atoms with van der Waals surface area (Å²) in [6.07, 6.45) is 3.63. The van der Waals surface area contributed by atoms with Crippen LogP contribution < -0.4 is 21.9 Å². The van der Waals surface area contributed by atoms with E-state index in [4.69, 9.17) is 15.8 Å². The quantitative estimate of drug-likeness (QED) is 0.532. The minimum atomic E-state index is -0.676. The Morgan fingerprint density at radius 3 is 2.51 bits per heavy atom. The summed E-state index contributed by atoms with van der Waals surface area (Å²) >= 11 is 0. The molecule has 1 amide bonds. The summed E-state index contributed by atoms with van der Waals surface area (Å²) in [4.78, 5) is 48.0. The van der Waals surface area contributed by atoms with E-state index in [9.17, 15) is 14.4 Å². The molecule has 0 radical (unpaired) electrons. The van der Waals surface area contributed by atoms with Gasteiger partial charge in [-0.2, -0.15) is 5.10 Å². The van der Waals surface area contributed by atoms with Crippen molar-refractivity contribution in [2.75, 3.05) is 17.2 Å². The number of hydrogen-bond donors (Lipinski definition) is 2. The molecule has 0 aliphatic heterocycles. The lowest BCUT2D eigenvalue weighted by molar-refractivity contribution is 0.0989. The number of hydrogen-bond acceptors (Lipinski definition) is 6. The van der Waals surface area contributed by atoms with Crippen molar-refractivity contribution < 1.29 is 4.79 Å². The number of fused-ring (bicyclic) bond motifs is 1. The van der Waals surface area contributed by atoms with E-state index in [1.807, 2.05) is 45.4 Å². The van der Waals surface area contributed by atoms with Gasteiger partial charge in [0.1, 0.15) is 5.82 Å². The van der Waals surface area contributed by atoms with E-state index in [-0.39, 0.29) is 29.5 Å². The Balaban J connectivity index is 1.93. The number of rotatable bonds is 7. The average Bonchev–Trinajstić information content (AvgIpc) is 3.58. The molecule has 10 heteroatoms. The Morgan fingerprint density at radius 1 is 1.26 bits per heavy atom. The Morgan fingerprint density at radius 2 is 1.94 bits per heavy atom. The molecule has 0 atom stereocenters. The van der Waals surface area contributed by atoms with Gasteiger partial charge < -0.3 is 10.6 Å². The average molecular weight is 482 g/mol. The maximum absolute atomic E-state index is 14.1. The normalized spacial score (nSPS) is 14.0. The number of pyridine rings is 1. The molecule has 0 unspecified atom stereocenters. The zero-order chi connectivity index (χ0) is 25.7. The number of carbonyl (C=O) groups excluding carboxylic acids is 1. The van der Waals surface area contributed by atoms with Crippen LogP contribution in [0.4, 0.5) is 11.5 Å². The molecular formula is C25H35N7O3. The number of carbonyl (C=O) groups is 1. The van der Waals surface area contributed by atoms with Crippen molar-refractivity contribution in [3.8, 4) is 0 Å². The summed E-state index contributed by atoms with van der Waals surface area (Å²) in [7, 11) is 0. The van der Waals surface area contributed by atoms with Crippen molar-refractivity contribution in [2.45, 2.75) is 85.2 Å². The molecule has 188 valence electrons. The number of amides is 1. The van der Waals surface area contributed by atoms with E-state index in [2.05, 4.69) is 4.98 Å². The predicted octanol–water partition coefficient (Wildman–Crippen LogP) is 3.27. The van der Waals surface area contributed by atoms with Crippen LogP contribution in [0.15, 0.2) is 15.7 Å². The summed E-state index contributed by atoms with van der Waals surface area (Å²) in [5.74, 6) is -0.0532. The molecule has 10 nitrogen and oxygen atoms in total. The van der Waals surface area contributed by atoms with Crippen LogP contribution in [0.1, 0.15) is 88.0 Å². The summed E-state index contributed by atoms with van der Waals surface area (Å²) < 4.78 is 3.19. The van der Waals surface area contributed by atoms with E-state index in [1.54, 1.807) is 6.92 Å². The van der Waals surface area contributed by atoms with Crippen LogP contribution in [0.25, 0.3) is 11.0 Å². The van der Waals surface area contributed by atoms with Gasteiger partial charge >= 0.3 is 5.69 Å². The molecule has 1 aliphatic carbocycles. The molecular weight excluding hydrogens is 446 g/mol. The maximum atomic E-state index is 14.1. The van der Waals surface area contributed by atoms with E-state index in [0.717, 1.165) is 31.4 Å². The molecule has 1 saturated carbocycles. The van der Waals surface area contributed by atoms with Gasteiger partial charge in [-0.15, -0.1) is 0 Å². The lowest BCUT2D eigenvalue weighted by Gasteiger charge is -2.24. The van der Waals surface area contributed by atoms with Gasteiger partial charge in [-0.3, -0.25) is 19.1 Å². The molecule has 1 fully saturated rings. The number of nitrogens with zero attached hydrogens (tertiary/aromatic N) is 5. The summed E-state index contributed by atoms with van der Waals surface area (Å²) in [5.41, 5.74) is 7.40. The van der Waals surface area contributed by atoms with Crippen LogP contribution in [-0.4, -0.2) is 36.8 Å². The van der Waals surface area contributed by atoms with Crippen LogP contribution in [0.3, 0.4) is 0 Å². The van der Waals surface area contributed by atoms with Crippen LogP contribution in [0.2, 0.25) is 0 Å². The Hall–Kier alpha value is -3.43. The number of nitrogen functional groups attached to an aromatic ring is 1. The number of nitrogens with two attached hydrogens (primary N) is 1. The lowest BCUT2D eigenvalue weighted by Crippen LogP contribution is -2.41.